The lowest BCUT2D eigenvalue weighted by Gasteiger charge is -2.02. The fourth-order valence-electron chi connectivity index (χ4n) is 2.48. The van der Waals surface area contributed by atoms with Crippen LogP contribution in [0.2, 0.25) is 0 Å². The molecular formula is C18H14N4S. The van der Waals surface area contributed by atoms with Crippen LogP contribution in [0.1, 0.15) is 16.3 Å². The standard InChI is InChI=1S/C18H14N4S/c1-12-17(20-15-10-6-5-9-14(15)19-12)18-22-21-16(23-18)11-13-7-3-2-4-8-13/h2-10H,11H2,1H3. The maximum absolute atomic E-state index is 4.71. The summed E-state index contributed by atoms with van der Waals surface area (Å²) in [5.74, 6) is 0. The number of para-hydroxylation sites is 2. The van der Waals surface area contributed by atoms with Crippen molar-refractivity contribution in [1.82, 2.24) is 20.2 Å². The molecule has 4 rings (SSSR count). The maximum atomic E-state index is 4.71. The normalized spacial score (nSPS) is 11.0. The molecule has 0 N–H and O–H groups in total. The van der Waals surface area contributed by atoms with E-state index in [1.165, 1.54) is 5.56 Å². The van der Waals surface area contributed by atoms with Crippen LogP contribution in [0, 0.1) is 6.92 Å². The number of benzene rings is 2. The molecule has 2 aromatic heterocycles. The first-order valence-corrected chi connectivity index (χ1v) is 8.21. The van der Waals surface area contributed by atoms with E-state index in [1.54, 1.807) is 11.3 Å². The van der Waals surface area contributed by atoms with Crippen LogP contribution in [-0.4, -0.2) is 20.2 Å². The molecule has 0 aliphatic heterocycles. The van der Waals surface area contributed by atoms with E-state index in [0.29, 0.717) is 0 Å². The second kappa shape index (κ2) is 5.85. The van der Waals surface area contributed by atoms with E-state index in [-0.39, 0.29) is 0 Å². The maximum Gasteiger partial charge on any atom is 0.168 e. The molecule has 0 aliphatic rings. The zero-order valence-corrected chi connectivity index (χ0v) is 13.4. The molecular weight excluding hydrogens is 304 g/mol. The summed E-state index contributed by atoms with van der Waals surface area (Å²) in [6.45, 7) is 1.97. The Morgan fingerprint density at radius 1 is 0.826 bits per heavy atom. The highest BCUT2D eigenvalue weighted by Gasteiger charge is 2.13. The quantitative estimate of drug-likeness (QED) is 0.572. The summed E-state index contributed by atoms with van der Waals surface area (Å²) >= 11 is 1.58. The van der Waals surface area contributed by atoms with Crippen molar-refractivity contribution in [1.29, 1.82) is 0 Å². The third kappa shape index (κ3) is 2.83. The van der Waals surface area contributed by atoms with Gasteiger partial charge in [0.05, 0.1) is 16.7 Å². The van der Waals surface area contributed by atoms with Crippen molar-refractivity contribution in [2.75, 3.05) is 0 Å². The number of aromatic nitrogens is 4. The number of aryl methyl sites for hydroxylation is 1. The highest BCUT2D eigenvalue weighted by Crippen LogP contribution is 2.26. The predicted molar refractivity (Wildman–Crippen MR) is 92.4 cm³/mol. The summed E-state index contributed by atoms with van der Waals surface area (Å²) in [7, 11) is 0. The second-order valence-corrected chi connectivity index (χ2v) is 6.37. The van der Waals surface area contributed by atoms with Gasteiger partial charge in [0.15, 0.2) is 5.01 Å². The Balaban J connectivity index is 1.70. The van der Waals surface area contributed by atoms with Crippen molar-refractivity contribution in [3.8, 4) is 10.7 Å². The van der Waals surface area contributed by atoms with Crippen LogP contribution in [-0.2, 0) is 6.42 Å². The lowest BCUT2D eigenvalue weighted by molar-refractivity contribution is 1.00. The SMILES string of the molecule is Cc1nc2ccccc2nc1-c1nnc(Cc2ccccc2)s1. The summed E-state index contributed by atoms with van der Waals surface area (Å²) in [5.41, 5.74) is 4.72. The minimum absolute atomic E-state index is 0.790. The zero-order valence-electron chi connectivity index (χ0n) is 12.6. The average Bonchev–Trinajstić information content (AvgIpc) is 3.03. The minimum atomic E-state index is 0.790. The van der Waals surface area contributed by atoms with Crippen LogP contribution >= 0.6 is 11.3 Å². The Morgan fingerprint density at radius 3 is 2.30 bits per heavy atom. The van der Waals surface area contributed by atoms with E-state index in [9.17, 15) is 0 Å². The largest absolute Gasteiger partial charge is 0.249 e. The summed E-state index contributed by atoms with van der Waals surface area (Å²) in [6, 6.07) is 18.2. The van der Waals surface area contributed by atoms with Crippen LogP contribution in [0.3, 0.4) is 0 Å². The molecule has 112 valence electrons. The van der Waals surface area contributed by atoms with E-state index < -0.39 is 0 Å². The Kier molecular flexibility index (Phi) is 3.55. The van der Waals surface area contributed by atoms with Gasteiger partial charge in [0.1, 0.15) is 10.7 Å². The fraction of sp³-hybridized carbons (Fsp3) is 0.111. The second-order valence-electron chi connectivity index (χ2n) is 5.31. The van der Waals surface area contributed by atoms with Gasteiger partial charge in [-0.05, 0) is 24.6 Å². The van der Waals surface area contributed by atoms with Crippen LogP contribution in [0.5, 0.6) is 0 Å². The Bertz CT molecular complexity index is 963. The number of rotatable bonds is 3. The van der Waals surface area contributed by atoms with Crippen molar-refractivity contribution in [3.05, 3.63) is 70.9 Å². The van der Waals surface area contributed by atoms with E-state index in [1.807, 2.05) is 49.4 Å². The molecule has 0 aliphatic carbocycles. The van der Waals surface area contributed by atoms with Crippen LogP contribution in [0.4, 0.5) is 0 Å². The number of hydrogen-bond acceptors (Lipinski definition) is 5. The topological polar surface area (TPSA) is 51.6 Å². The lowest BCUT2D eigenvalue weighted by Crippen LogP contribution is -1.93. The van der Waals surface area contributed by atoms with E-state index in [2.05, 4.69) is 27.3 Å². The van der Waals surface area contributed by atoms with Gasteiger partial charge in [-0.2, -0.15) is 0 Å². The van der Waals surface area contributed by atoms with E-state index >= 15 is 0 Å². The fourth-order valence-corrected chi connectivity index (χ4v) is 3.40. The molecule has 5 heteroatoms. The zero-order chi connectivity index (χ0) is 15.6. The average molecular weight is 318 g/mol. The lowest BCUT2D eigenvalue weighted by atomic mass is 10.2. The van der Waals surface area contributed by atoms with Gasteiger partial charge in [0.25, 0.3) is 0 Å². The first kappa shape index (κ1) is 14.0. The smallest absolute Gasteiger partial charge is 0.168 e. The summed E-state index contributed by atoms with van der Waals surface area (Å²) < 4.78 is 0. The van der Waals surface area contributed by atoms with Gasteiger partial charge in [0, 0.05) is 6.42 Å². The number of hydrogen-bond donors (Lipinski definition) is 0. The van der Waals surface area contributed by atoms with Crippen molar-refractivity contribution < 1.29 is 0 Å². The van der Waals surface area contributed by atoms with Gasteiger partial charge in [-0.3, -0.25) is 0 Å². The van der Waals surface area contributed by atoms with Crippen molar-refractivity contribution in [2.24, 2.45) is 0 Å². The Hall–Kier alpha value is -2.66. The van der Waals surface area contributed by atoms with Gasteiger partial charge >= 0.3 is 0 Å². The van der Waals surface area contributed by atoms with Crippen LogP contribution in [0.15, 0.2) is 54.6 Å². The molecule has 4 nitrogen and oxygen atoms in total. The first-order chi connectivity index (χ1) is 11.3. The third-order valence-corrected chi connectivity index (χ3v) is 4.54. The molecule has 2 heterocycles. The molecule has 2 aromatic carbocycles. The molecule has 0 spiro atoms. The van der Waals surface area contributed by atoms with Gasteiger partial charge < -0.3 is 0 Å². The Morgan fingerprint density at radius 2 is 1.52 bits per heavy atom. The molecule has 0 saturated heterocycles. The predicted octanol–water partition coefficient (Wildman–Crippen LogP) is 4.05. The van der Waals surface area contributed by atoms with E-state index in [4.69, 9.17) is 4.98 Å². The van der Waals surface area contributed by atoms with Crippen molar-refractivity contribution in [2.45, 2.75) is 13.3 Å². The van der Waals surface area contributed by atoms with Gasteiger partial charge in [-0.15, -0.1) is 10.2 Å². The van der Waals surface area contributed by atoms with Gasteiger partial charge in [-0.25, -0.2) is 9.97 Å². The molecule has 0 fully saturated rings. The molecule has 0 atom stereocenters. The monoisotopic (exact) mass is 318 g/mol. The summed E-state index contributed by atoms with van der Waals surface area (Å²) in [5, 5.41) is 10.4. The molecule has 0 saturated carbocycles. The molecule has 0 bridgehead atoms. The van der Waals surface area contributed by atoms with Gasteiger partial charge in [0.2, 0.25) is 0 Å². The minimum Gasteiger partial charge on any atom is -0.249 e. The highest BCUT2D eigenvalue weighted by molar-refractivity contribution is 7.14. The number of nitrogens with zero attached hydrogens (tertiary/aromatic N) is 4. The molecule has 23 heavy (non-hydrogen) atoms. The van der Waals surface area contributed by atoms with Crippen molar-refractivity contribution >= 4 is 22.4 Å². The van der Waals surface area contributed by atoms with Crippen LogP contribution < -0.4 is 0 Å². The molecule has 0 unspecified atom stereocenters. The molecule has 0 amide bonds. The van der Waals surface area contributed by atoms with Gasteiger partial charge in [-0.1, -0.05) is 53.8 Å². The highest BCUT2D eigenvalue weighted by atomic mass is 32.1. The Labute approximate surface area is 137 Å². The molecule has 0 radical (unpaired) electrons. The molecule has 4 aromatic rings. The van der Waals surface area contributed by atoms with Crippen molar-refractivity contribution in [3.63, 3.8) is 0 Å². The third-order valence-electron chi connectivity index (χ3n) is 3.61. The van der Waals surface area contributed by atoms with E-state index in [0.717, 1.165) is 38.9 Å². The summed E-state index contributed by atoms with van der Waals surface area (Å²) in [4.78, 5) is 9.33. The van der Waals surface area contributed by atoms with Crippen LogP contribution in [0.25, 0.3) is 21.7 Å². The number of fused-ring (bicyclic) bond motifs is 1. The first-order valence-electron chi connectivity index (χ1n) is 7.40. The summed E-state index contributed by atoms with van der Waals surface area (Å²) in [6.07, 6.45) is 0.790.